The zero-order valence-electron chi connectivity index (χ0n) is 18.5. The molecule has 1 fully saturated rings. The first-order valence-electron chi connectivity index (χ1n) is 10.6. The van der Waals surface area contributed by atoms with E-state index in [-0.39, 0.29) is 24.2 Å². The van der Waals surface area contributed by atoms with Crippen LogP contribution in [0.15, 0.2) is 57.7 Å². The summed E-state index contributed by atoms with van der Waals surface area (Å²) in [6.45, 7) is 4.61. The quantitative estimate of drug-likeness (QED) is 0.588. The van der Waals surface area contributed by atoms with Crippen molar-refractivity contribution in [2.24, 2.45) is 0 Å². The Morgan fingerprint density at radius 2 is 1.97 bits per heavy atom. The Balaban J connectivity index is 1.41. The van der Waals surface area contributed by atoms with Crippen molar-refractivity contribution in [3.8, 4) is 22.6 Å². The molecule has 0 aliphatic carbocycles. The summed E-state index contributed by atoms with van der Waals surface area (Å²) in [7, 11) is 1.53. The maximum atomic E-state index is 12.5. The SMILES string of the molecule is COc1cccc2cc(-c3ccc(OCC(=O)N[C@H]4CCOC(C)(C)C4)cc3)c(=O)oc12. The standard InChI is InChI=1S/C25H27NO6/c1-25(2)14-18(11-12-31-25)26-22(27)15-30-19-9-7-16(8-10-19)20-13-17-5-4-6-21(29-3)23(17)32-24(20)28/h4-10,13,18H,11-12,14-15H2,1-3H3,(H,26,27)/t18-/m0/s1. The van der Waals surface area contributed by atoms with Gasteiger partial charge in [-0.3, -0.25) is 4.79 Å². The maximum absolute atomic E-state index is 12.5. The zero-order chi connectivity index (χ0) is 22.7. The second-order valence-electron chi connectivity index (χ2n) is 8.50. The van der Waals surface area contributed by atoms with Gasteiger partial charge in [-0.25, -0.2) is 4.79 Å². The number of para-hydroxylation sites is 1. The van der Waals surface area contributed by atoms with Crippen LogP contribution in [-0.4, -0.2) is 37.9 Å². The van der Waals surface area contributed by atoms with Crippen LogP contribution >= 0.6 is 0 Å². The Bertz CT molecular complexity index is 1170. The number of hydrogen-bond acceptors (Lipinski definition) is 6. The molecule has 1 saturated heterocycles. The fourth-order valence-corrected chi connectivity index (χ4v) is 3.98. The summed E-state index contributed by atoms with van der Waals surface area (Å²) in [5.74, 6) is 0.890. The van der Waals surface area contributed by atoms with Crippen molar-refractivity contribution in [1.82, 2.24) is 5.32 Å². The molecule has 0 spiro atoms. The topological polar surface area (TPSA) is 87.0 Å². The van der Waals surface area contributed by atoms with E-state index in [1.165, 1.54) is 7.11 Å². The van der Waals surface area contributed by atoms with E-state index in [2.05, 4.69) is 5.32 Å². The molecule has 0 radical (unpaired) electrons. The molecule has 0 bridgehead atoms. The number of nitrogens with one attached hydrogen (secondary N) is 1. The van der Waals surface area contributed by atoms with Crippen LogP contribution in [0.3, 0.4) is 0 Å². The molecule has 1 aliphatic rings. The van der Waals surface area contributed by atoms with E-state index in [0.29, 0.717) is 34.8 Å². The average Bonchev–Trinajstić information content (AvgIpc) is 2.76. The fourth-order valence-electron chi connectivity index (χ4n) is 3.98. The highest BCUT2D eigenvalue weighted by Gasteiger charge is 2.29. The normalized spacial score (nSPS) is 17.7. The Hall–Kier alpha value is -3.32. The third-order valence-corrected chi connectivity index (χ3v) is 5.54. The molecule has 4 rings (SSSR count). The Kier molecular flexibility index (Phi) is 6.19. The minimum Gasteiger partial charge on any atom is -0.493 e. The van der Waals surface area contributed by atoms with Gasteiger partial charge in [-0.15, -0.1) is 0 Å². The highest BCUT2D eigenvalue weighted by atomic mass is 16.5. The molecule has 2 heterocycles. The maximum Gasteiger partial charge on any atom is 0.344 e. The molecule has 1 aromatic heterocycles. The summed E-state index contributed by atoms with van der Waals surface area (Å²) in [6, 6.07) is 14.3. The van der Waals surface area contributed by atoms with Gasteiger partial charge in [0.1, 0.15) is 5.75 Å². The second kappa shape index (κ2) is 9.04. The molecule has 7 nitrogen and oxygen atoms in total. The number of carbonyl (C=O) groups is 1. The van der Waals surface area contributed by atoms with Gasteiger partial charge in [0.05, 0.1) is 18.3 Å². The van der Waals surface area contributed by atoms with E-state index in [1.807, 2.05) is 26.0 Å². The van der Waals surface area contributed by atoms with Crippen LogP contribution in [0.4, 0.5) is 0 Å². The zero-order valence-corrected chi connectivity index (χ0v) is 18.5. The van der Waals surface area contributed by atoms with Crippen molar-refractivity contribution in [1.29, 1.82) is 0 Å². The number of benzene rings is 2. The van der Waals surface area contributed by atoms with Gasteiger partial charge in [0.25, 0.3) is 5.91 Å². The number of carbonyl (C=O) groups excluding carboxylic acids is 1. The second-order valence-corrected chi connectivity index (χ2v) is 8.50. The summed E-state index contributed by atoms with van der Waals surface area (Å²) in [5.41, 5.74) is 0.881. The van der Waals surface area contributed by atoms with E-state index in [0.717, 1.165) is 18.2 Å². The van der Waals surface area contributed by atoms with E-state index in [4.69, 9.17) is 18.6 Å². The molecular weight excluding hydrogens is 410 g/mol. The fraction of sp³-hybridized carbons (Fsp3) is 0.360. The number of methoxy groups -OCH3 is 1. The summed E-state index contributed by atoms with van der Waals surface area (Å²) >= 11 is 0. The number of rotatable bonds is 6. The first-order chi connectivity index (χ1) is 15.3. The smallest absolute Gasteiger partial charge is 0.344 e. The van der Waals surface area contributed by atoms with Gasteiger partial charge < -0.3 is 23.9 Å². The van der Waals surface area contributed by atoms with Gasteiger partial charge in [0.2, 0.25) is 0 Å². The summed E-state index contributed by atoms with van der Waals surface area (Å²) in [6.07, 6.45) is 1.57. The van der Waals surface area contributed by atoms with Crippen molar-refractivity contribution in [3.63, 3.8) is 0 Å². The molecule has 0 unspecified atom stereocenters. The van der Waals surface area contributed by atoms with Crippen LogP contribution in [-0.2, 0) is 9.53 Å². The molecule has 32 heavy (non-hydrogen) atoms. The first kappa shape index (κ1) is 21.9. The highest BCUT2D eigenvalue weighted by Crippen LogP contribution is 2.28. The Labute approximate surface area is 186 Å². The minimum atomic E-state index is -0.450. The van der Waals surface area contributed by atoms with Crippen LogP contribution < -0.4 is 20.4 Å². The van der Waals surface area contributed by atoms with Crippen molar-refractivity contribution < 1.29 is 23.4 Å². The van der Waals surface area contributed by atoms with Crippen molar-refractivity contribution >= 4 is 16.9 Å². The summed E-state index contributed by atoms with van der Waals surface area (Å²) in [5, 5.41) is 3.78. The van der Waals surface area contributed by atoms with Crippen LogP contribution in [0.2, 0.25) is 0 Å². The third-order valence-electron chi connectivity index (χ3n) is 5.54. The lowest BCUT2D eigenvalue weighted by Crippen LogP contribution is -2.47. The van der Waals surface area contributed by atoms with Crippen LogP contribution in [0, 0.1) is 0 Å². The predicted molar refractivity (Wildman–Crippen MR) is 121 cm³/mol. The molecule has 168 valence electrons. The average molecular weight is 437 g/mol. The van der Waals surface area contributed by atoms with E-state index in [9.17, 15) is 9.59 Å². The van der Waals surface area contributed by atoms with Crippen molar-refractivity contribution in [2.45, 2.75) is 38.3 Å². The largest absolute Gasteiger partial charge is 0.493 e. The van der Waals surface area contributed by atoms with E-state index in [1.54, 1.807) is 36.4 Å². The number of fused-ring (bicyclic) bond motifs is 1. The molecular formula is C25H27NO6. The molecule has 3 aromatic rings. The lowest BCUT2D eigenvalue weighted by molar-refractivity contribution is -0.126. The van der Waals surface area contributed by atoms with Gasteiger partial charge in [-0.1, -0.05) is 24.3 Å². The van der Waals surface area contributed by atoms with Crippen molar-refractivity contribution in [3.05, 3.63) is 59.0 Å². The van der Waals surface area contributed by atoms with Gasteiger partial charge in [0.15, 0.2) is 17.9 Å². The summed E-state index contributed by atoms with van der Waals surface area (Å²) in [4.78, 5) is 24.8. The summed E-state index contributed by atoms with van der Waals surface area (Å²) < 4.78 is 22.1. The van der Waals surface area contributed by atoms with Gasteiger partial charge in [-0.2, -0.15) is 0 Å². The van der Waals surface area contributed by atoms with Gasteiger partial charge in [0, 0.05) is 18.0 Å². The molecule has 7 heteroatoms. The van der Waals surface area contributed by atoms with Gasteiger partial charge >= 0.3 is 5.63 Å². The predicted octanol–water partition coefficient (Wildman–Crippen LogP) is 3.92. The van der Waals surface area contributed by atoms with Crippen LogP contribution in [0.25, 0.3) is 22.1 Å². The number of ether oxygens (including phenoxy) is 3. The molecule has 1 amide bonds. The van der Waals surface area contributed by atoms with E-state index < -0.39 is 5.63 Å². The van der Waals surface area contributed by atoms with Crippen molar-refractivity contribution in [2.75, 3.05) is 20.3 Å². The first-order valence-corrected chi connectivity index (χ1v) is 10.6. The monoisotopic (exact) mass is 437 g/mol. The highest BCUT2D eigenvalue weighted by molar-refractivity contribution is 5.86. The van der Waals surface area contributed by atoms with Crippen LogP contribution in [0.5, 0.6) is 11.5 Å². The lowest BCUT2D eigenvalue weighted by Gasteiger charge is -2.35. The molecule has 0 saturated carbocycles. The Morgan fingerprint density at radius 3 is 2.69 bits per heavy atom. The molecule has 1 atom stereocenters. The van der Waals surface area contributed by atoms with Crippen LogP contribution in [0.1, 0.15) is 26.7 Å². The molecule has 2 aromatic carbocycles. The van der Waals surface area contributed by atoms with E-state index >= 15 is 0 Å². The minimum absolute atomic E-state index is 0.0744. The lowest BCUT2D eigenvalue weighted by atomic mass is 9.94. The third kappa shape index (κ3) is 4.94. The number of hydrogen-bond donors (Lipinski definition) is 1. The molecule has 1 aliphatic heterocycles. The molecule has 1 N–H and O–H groups in total. The Morgan fingerprint density at radius 1 is 1.19 bits per heavy atom. The van der Waals surface area contributed by atoms with Gasteiger partial charge in [-0.05, 0) is 56.5 Å². The number of amides is 1.